The van der Waals surface area contributed by atoms with E-state index in [4.69, 9.17) is 0 Å². The Labute approximate surface area is 170 Å². The highest BCUT2D eigenvalue weighted by Gasteiger charge is 2.37. The average molecular weight is 400 g/mol. The fourth-order valence-electron chi connectivity index (χ4n) is 6.42. The first-order valence-corrected chi connectivity index (χ1v) is 11.3. The first kappa shape index (κ1) is 19.0. The molecule has 29 heavy (non-hydrogen) atoms. The number of rotatable bonds is 3. The highest BCUT2D eigenvalue weighted by Crippen LogP contribution is 2.45. The van der Waals surface area contributed by atoms with Gasteiger partial charge in [-0.05, 0) is 67.3 Å². The van der Waals surface area contributed by atoms with Crippen LogP contribution in [0.5, 0.6) is 5.88 Å². The van der Waals surface area contributed by atoms with E-state index >= 15 is 0 Å². The third-order valence-corrected chi connectivity index (χ3v) is 7.83. The summed E-state index contributed by atoms with van der Waals surface area (Å²) in [6.07, 6.45) is 11.6. The molecule has 5 rings (SSSR count). The number of aromatic hydroxyl groups is 1. The minimum Gasteiger partial charge on any atom is -0.493 e. The van der Waals surface area contributed by atoms with Gasteiger partial charge in [0, 0.05) is 30.6 Å². The van der Waals surface area contributed by atoms with Crippen LogP contribution in [0.4, 0.5) is 10.1 Å². The van der Waals surface area contributed by atoms with Gasteiger partial charge < -0.3 is 9.67 Å². The summed E-state index contributed by atoms with van der Waals surface area (Å²) in [7, 11) is 0. The molecule has 1 aromatic heterocycles. The van der Waals surface area contributed by atoms with Crippen LogP contribution in [-0.2, 0) is 0 Å². The summed E-state index contributed by atoms with van der Waals surface area (Å²) in [6, 6.07) is 5.15. The number of nitroso groups, excluding NO2 is 1. The Morgan fingerprint density at radius 3 is 2.45 bits per heavy atom. The third kappa shape index (κ3) is 3.35. The predicted molar refractivity (Wildman–Crippen MR) is 112 cm³/mol. The lowest BCUT2D eigenvalue weighted by Crippen LogP contribution is -2.45. The molecule has 2 aliphatic carbocycles. The quantitative estimate of drug-likeness (QED) is 0.656. The molecule has 5 nitrogen and oxygen atoms in total. The maximum Gasteiger partial charge on any atom is 0.222 e. The number of halogens is 1. The van der Waals surface area contributed by atoms with Gasteiger partial charge >= 0.3 is 0 Å². The maximum atomic E-state index is 13.7. The highest BCUT2D eigenvalue weighted by molar-refractivity contribution is 5.95. The molecule has 1 N–H and O–H groups in total. The second kappa shape index (κ2) is 7.71. The summed E-state index contributed by atoms with van der Waals surface area (Å²) in [4.78, 5) is 14.0. The smallest absolute Gasteiger partial charge is 0.222 e. The Morgan fingerprint density at radius 1 is 1.03 bits per heavy atom. The van der Waals surface area contributed by atoms with Crippen molar-refractivity contribution in [3.05, 3.63) is 28.9 Å². The zero-order valence-corrected chi connectivity index (χ0v) is 16.9. The fraction of sp³-hybridized carbons (Fsp3) is 0.652. The maximum absolute atomic E-state index is 13.7. The Bertz CT molecular complexity index is 893. The first-order chi connectivity index (χ1) is 14.2. The molecule has 156 valence electrons. The lowest BCUT2D eigenvalue weighted by Gasteiger charge is -2.41. The molecule has 0 spiro atoms. The van der Waals surface area contributed by atoms with Crippen LogP contribution >= 0.6 is 0 Å². The Balaban J connectivity index is 1.37. The zero-order chi connectivity index (χ0) is 20.0. The largest absolute Gasteiger partial charge is 0.493 e. The van der Waals surface area contributed by atoms with E-state index in [9.17, 15) is 14.4 Å². The van der Waals surface area contributed by atoms with Gasteiger partial charge in [-0.2, -0.15) is 0 Å². The van der Waals surface area contributed by atoms with E-state index in [0.717, 1.165) is 37.8 Å². The molecule has 1 aromatic carbocycles. The number of piperidine rings is 1. The van der Waals surface area contributed by atoms with Crippen molar-refractivity contribution >= 4 is 16.6 Å². The normalized spacial score (nSPS) is 29.1. The van der Waals surface area contributed by atoms with Crippen LogP contribution in [-0.4, -0.2) is 33.7 Å². The van der Waals surface area contributed by atoms with Gasteiger partial charge in [0.1, 0.15) is 5.82 Å². The van der Waals surface area contributed by atoms with Crippen molar-refractivity contribution < 1.29 is 9.50 Å². The van der Waals surface area contributed by atoms with Gasteiger partial charge in [-0.3, -0.25) is 4.90 Å². The van der Waals surface area contributed by atoms with Gasteiger partial charge in [0.15, 0.2) is 5.69 Å². The van der Waals surface area contributed by atoms with E-state index in [1.807, 2.05) is 4.57 Å². The number of nitrogens with zero attached hydrogens (tertiary/aromatic N) is 3. The molecule has 1 atom stereocenters. The number of benzene rings is 1. The Kier molecular flexibility index (Phi) is 5.06. The van der Waals surface area contributed by atoms with Crippen LogP contribution in [0.1, 0.15) is 63.8 Å². The number of hydrogen-bond acceptors (Lipinski definition) is 4. The lowest BCUT2D eigenvalue weighted by molar-refractivity contribution is 0.0870. The van der Waals surface area contributed by atoms with E-state index in [1.54, 1.807) is 6.07 Å². The van der Waals surface area contributed by atoms with Crippen molar-refractivity contribution in [2.45, 2.75) is 69.9 Å². The molecule has 3 fully saturated rings. The number of fused-ring (bicyclic) bond motifs is 4. The Hall–Kier alpha value is -1.95. The van der Waals surface area contributed by atoms with Crippen molar-refractivity contribution in [1.29, 1.82) is 0 Å². The standard InChI is InChI=1S/C23H30FN3O2/c24-17-7-8-20-19(14-17)22(25-29)23(28)27(20)18-9-11-26(12-10-18)21-13-15-3-1-5-16(21)6-2-4-15/h7-8,14-16,18,21,28H,1-6,9-13H2. The van der Waals surface area contributed by atoms with Crippen molar-refractivity contribution in [2.75, 3.05) is 13.1 Å². The highest BCUT2D eigenvalue weighted by atomic mass is 19.1. The van der Waals surface area contributed by atoms with Crippen LogP contribution in [0, 0.1) is 22.6 Å². The predicted octanol–water partition coefficient (Wildman–Crippen LogP) is 5.88. The molecular formula is C23H30FN3O2. The molecule has 6 heteroatoms. The van der Waals surface area contributed by atoms with Gasteiger partial charge in [-0.1, -0.05) is 25.7 Å². The third-order valence-electron chi connectivity index (χ3n) is 7.83. The van der Waals surface area contributed by atoms with Crippen LogP contribution in [0.2, 0.25) is 0 Å². The molecule has 2 aromatic rings. The van der Waals surface area contributed by atoms with Gasteiger partial charge in [0.2, 0.25) is 5.88 Å². The summed E-state index contributed by atoms with van der Waals surface area (Å²) in [5, 5.41) is 14.1. The fourth-order valence-corrected chi connectivity index (χ4v) is 6.42. The zero-order valence-electron chi connectivity index (χ0n) is 16.9. The summed E-state index contributed by atoms with van der Waals surface area (Å²) >= 11 is 0. The Morgan fingerprint density at radius 2 is 1.76 bits per heavy atom. The average Bonchev–Trinajstić information content (AvgIpc) is 2.88. The number of likely N-dealkylation sites (tertiary alicyclic amines) is 1. The minimum absolute atomic E-state index is 0.0421. The topological polar surface area (TPSA) is 57.8 Å². The van der Waals surface area contributed by atoms with E-state index < -0.39 is 5.82 Å². The van der Waals surface area contributed by atoms with E-state index in [2.05, 4.69) is 10.1 Å². The summed E-state index contributed by atoms with van der Waals surface area (Å²) < 4.78 is 15.5. The number of hydrogen-bond donors (Lipinski definition) is 1. The first-order valence-electron chi connectivity index (χ1n) is 11.3. The second-order valence-corrected chi connectivity index (χ2v) is 9.35. The summed E-state index contributed by atoms with van der Waals surface area (Å²) in [6.45, 7) is 2.03. The van der Waals surface area contributed by atoms with Crippen molar-refractivity contribution in [3.63, 3.8) is 0 Å². The van der Waals surface area contributed by atoms with E-state index in [0.29, 0.717) is 16.9 Å². The van der Waals surface area contributed by atoms with Crippen molar-refractivity contribution in [2.24, 2.45) is 17.0 Å². The molecule has 2 heterocycles. The molecule has 3 aliphatic rings. The number of aromatic nitrogens is 1. The van der Waals surface area contributed by atoms with Crippen molar-refractivity contribution in [3.8, 4) is 5.88 Å². The molecule has 2 bridgehead atoms. The second-order valence-electron chi connectivity index (χ2n) is 9.35. The van der Waals surface area contributed by atoms with Crippen molar-refractivity contribution in [1.82, 2.24) is 9.47 Å². The van der Waals surface area contributed by atoms with Crippen LogP contribution in [0.25, 0.3) is 10.9 Å². The SMILES string of the molecule is O=Nc1c(O)n(C2CCN(C3CC4CCCC3CCC4)CC2)c2ccc(F)cc12. The van der Waals surface area contributed by atoms with Gasteiger partial charge in [0.05, 0.1) is 5.52 Å². The molecule has 1 aliphatic heterocycles. The molecule has 0 radical (unpaired) electrons. The molecule has 1 saturated heterocycles. The van der Waals surface area contributed by atoms with E-state index in [-0.39, 0.29) is 17.6 Å². The van der Waals surface area contributed by atoms with Crippen LogP contribution in [0.3, 0.4) is 0 Å². The molecule has 2 saturated carbocycles. The monoisotopic (exact) mass is 399 g/mol. The molecule has 0 amide bonds. The summed E-state index contributed by atoms with van der Waals surface area (Å²) in [5.41, 5.74) is 0.654. The van der Waals surface area contributed by atoms with Gasteiger partial charge in [-0.25, -0.2) is 4.39 Å². The van der Waals surface area contributed by atoms with E-state index in [1.165, 1.54) is 57.1 Å². The van der Waals surface area contributed by atoms with Crippen LogP contribution in [0.15, 0.2) is 23.4 Å². The molecule has 1 unspecified atom stereocenters. The lowest BCUT2D eigenvalue weighted by atomic mass is 9.89. The van der Waals surface area contributed by atoms with Gasteiger partial charge in [0.25, 0.3) is 0 Å². The van der Waals surface area contributed by atoms with Crippen LogP contribution < -0.4 is 0 Å². The minimum atomic E-state index is -0.422. The van der Waals surface area contributed by atoms with Gasteiger partial charge in [-0.15, -0.1) is 4.91 Å². The summed E-state index contributed by atoms with van der Waals surface area (Å²) in [5.74, 6) is 1.20. The molecular weight excluding hydrogens is 369 g/mol.